The highest BCUT2D eigenvalue weighted by Crippen LogP contribution is 2.36. The molecule has 0 fully saturated rings. The quantitative estimate of drug-likeness (QED) is 0.327. The lowest BCUT2D eigenvalue weighted by molar-refractivity contribution is 0.0641. The molecule has 0 atom stereocenters. The molecule has 164 valence electrons. The van der Waals surface area contributed by atoms with Gasteiger partial charge in [-0.15, -0.1) is 0 Å². The fourth-order valence-electron chi connectivity index (χ4n) is 2.47. The molecule has 0 saturated heterocycles. The number of rotatable bonds is 6. The second-order valence-corrected chi connectivity index (χ2v) is 5.48. The lowest BCUT2D eigenvalue weighted by atomic mass is 10.0. The van der Waals surface area contributed by atoms with Gasteiger partial charge in [0, 0.05) is 0 Å². The van der Waals surface area contributed by atoms with Crippen LogP contribution in [-0.2, 0) is 0 Å². The Bertz CT molecular complexity index is 1100. The molecule has 0 heterocycles. The van der Waals surface area contributed by atoms with E-state index in [1.807, 2.05) is 0 Å². The smallest absolute Gasteiger partial charge is 0.339 e. The maximum absolute atomic E-state index is 14.4. The van der Waals surface area contributed by atoms with E-state index in [1.54, 1.807) is 0 Å². The summed E-state index contributed by atoms with van der Waals surface area (Å²) in [6.45, 7) is 0. The van der Waals surface area contributed by atoms with Crippen molar-refractivity contribution in [3.8, 4) is 0 Å². The Kier molecular flexibility index (Phi) is 5.82. The van der Waals surface area contributed by atoms with Crippen LogP contribution in [0.5, 0.6) is 0 Å². The van der Waals surface area contributed by atoms with Gasteiger partial charge in [-0.05, 0) is 0 Å². The Morgan fingerprint density at radius 1 is 0.452 bits per heavy atom. The van der Waals surface area contributed by atoms with Gasteiger partial charge in [-0.2, -0.15) is 0 Å². The number of carbonyl (C=O) groups is 4. The summed E-state index contributed by atoms with van der Waals surface area (Å²) in [6, 6.07) is 0. The number of carboxylic acids is 4. The third-order valence-corrected chi connectivity index (χ3v) is 3.75. The van der Waals surface area contributed by atoms with Crippen LogP contribution in [0, 0.1) is 34.9 Å². The van der Waals surface area contributed by atoms with E-state index in [4.69, 9.17) is 20.4 Å². The average Bonchev–Trinajstić information content (AvgIpc) is 2.65. The molecule has 15 heteroatoms. The topological polar surface area (TPSA) is 161 Å². The Morgan fingerprint density at radius 3 is 0.903 bits per heavy atom. The van der Waals surface area contributed by atoms with Crippen LogP contribution >= 0.6 is 0 Å². The van der Waals surface area contributed by atoms with Crippen LogP contribution in [0.1, 0.15) is 41.4 Å². The van der Waals surface area contributed by atoms with Gasteiger partial charge in [-0.25, -0.2) is 45.5 Å². The molecule has 0 aliphatic heterocycles. The molecule has 2 aromatic carbocycles. The molecule has 0 aliphatic carbocycles. The first-order chi connectivity index (χ1) is 14.2. The van der Waals surface area contributed by atoms with Crippen molar-refractivity contribution >= 4 is 35.3 Å². The Labute approximate surface area is 164 Å². The maximum Gasteiger partial charge on any atom is 0.339 e. The van der Waals surface area contributed by atoms with Gasteiger partial charge in [0.05, 0.1) is 0 Å². The highest BCUT2D eigenvalue weighted by molar-refractivity contribution is 6.04. The molecule has 9 nitrogen and oxygen atoms in total. The third kappa shape index (κ3) is 3.56. The minimum absolute atomic E-state index is 1.09. The predicted molar refractivity (Wildman–Crippen MR) is 83.8 cm³/mol. The van der Waals surface area contributed by atoms with Gasteiger partial charge in [0.2, 0.25) is 0 Å². The Morgan fingerprint density at radius 2 is 0.677 bits per heavy atom. The van der Waals surface area contributed by atoms with Crippen molar-refractivity contribution in [3.05, 3.63) is 57.2 Å². The van der Waals surface area contributed by atoms with Crippen LogP contribution < -0.4 is 5.32 Å². The standard InChI is InChI=1S/C16H5F6NO8/c17-5-1(13(24)25)3(15(28)29)7(19)11(9(5)21)23-12-8(20)4(16(30)31)2(14(26)27)6(18)10(12)22/h23H,(H,24,25)(H,26,27)(H,28,29)(H,30,31). The molecule has 31 heavy (non-hydrogen) atoms. The van der Waals surface area contributed by atoms with Crippen LogP contribution in [0.15, 0.2) is 0 Å². The van der Waals surface area contributed by atoms with Crippen LogP contribution in [0.25, 0.3) is 0 Å². The number of halogens is 6. The van der Waals surface area contributed by atoms with Crippen molar-refractivity contribution in [2.75, 3.05) is 5.32 Å². The molecule has 0 unspecified atom stereocenters. The van der Waals surface area contributed by atoms with Crippen LogP contribution in [-0.4, -0.2) is 44.3 Å². The van der Waals surface area contributed by atoms with Gasteiger partial charge >= 0.3 is 23.9 Å². The third-order valence-electron chi connectivity index (χ3n) is 3.75. The molecule has 2 aromatic rings. The summed E-state index contributed by atoms with van der Waals surface area (Å²) in [5.41, 5.74) is -12.0. The van der Waals surface area contributed by atoms with Crippen molar-refractivity contribution in [1.82, 2.24) is 0 Å². The molecule has 0 spiro atoms. The molecule has 0 radical (unpaired) electrons. The van der Waals surface area contributed by atoms with Crippen molar-refractivity contribution in [1.29, 1.82) is 0 Å². The van der Waals surface area contributed by atoms with Crippen molar-refractivity contribution in [2.45, 2.75) is 0 Å². The summed E-state index contributed by atoms with van der Waals surface area (Å²) in [5.74, 6) is -24.6. The molecule has 0 aromatic heterocycles. The van der Waals surface area contributed by atoms with E-state index in [9.17, 15) is 45.5 Å². The van der Waals surface area contributed by atoms with Crippen LogP contribution in [0.2, 0.25) is 0 Å². The summed E-state index contributed by atoms with van der Waals surface area (Å²) in [5, 5.41) is 36.4. The number of carboxylic acid groups (broad SMARTS) is 4. The SMILES string of the molecule is O=C(O)c1c(F)c(F)c(Nc2c(F)c(F)c(C(=O)O)c(C(=O)O)c2F)c(F)c1C(=O)O. The maximum atomic E-state index is 14.4. The predicted octanol–water partition coefficient (Wildman–Crippen LogP) is 3.06. The molecule has 2 rings (SSSR count). The molecular formula is C16H5F6NO8. The van der Waals surface area contributed by atoms with Crippen molar-refractivity contribution in [2.24, 2.45) is 0 Å². The minimum Gasteiger partial charge on any atom is -0.478 e. The van der Waals surface area contributed by atoms with E-state index in [2.05, 4.69) is 0 Å². The second kappa shape index (κ2) is 7.85. The summed E-state index contributed by atoms with van der Waals surface area (Å²) in [6.07, 6.45) is 0. The molecular weight excluding hydrogens is 448 g/mol. The summed E-state index contributed by atoms with van der Waals surface area (Å²) >= 11 is 0. The van der Waals surface area contributed by atoms with Gasteiger partial charge < -0.3 is 25.7 Å². The second-order valence-electron chi connectivity index (χ2n) is 5.48. The molecule has 5 N–H and O–H groups in total. The van der Waals surface area contributed by atoms with Crippen molar-refractivity contribution < 1.29 is 65.9 Å². The first-order valence-corrected chi connectivity index (χ1v) is 7.34. The monoisotopic (exact) mass is 453 g/mol. The number of hydrogen-bond donors (Lipinski definition) is 5. The minimum atomic E-state index is -2.52. The first-order valence-electron chi connectivity index (χ1n) is 7.34. The van der Waals surface area contributed by atoms with E-state index in [-0.39, 0.29) is 0 Å². The Balaban J connectivity index is 2.93. The molecule has 0 bridgehead atoms. The van der Waals surface area contributed by atoms with Crippen LogP contribution in [0.3, 0.4) is 0 Å². The fourth-order valence-corrected chi connectivity index (χ4v) is 2.47. The zero-order valence-corrected chi connectivity index (χ0v) is 14.2. The highest BCUT2D eigenvalue weighted by atomic mass is 19.2. The van der Waals surface area contributed by atoms with Gasteiger partial charge in [0.25, 0.3) is 0 Å². The number of benzene rings is 2. The number of anilines is 2. The Hall–Kier alpha value is -4.30. The highest BCUT2D eigenvalue weighted by Gasteiger charge is 2.36. The van der Waals surface area contributed by atoms with E-state index >= 15 is 0 Å². The van der Waals surface area contributed by atoms with E-state index < -0.39 is 92.4 Å². The summed E-state index contributed by atoms with van der Waals surface area (Å²) in [4.78, 5) is 44.1. The van der Waals surface area contributed by atoms with Crippen molar-refractivity contribution in [3.63, 3.8) is 0 Å². The van der Waals surface area contributed by atoms with E-state index in [0.29, 0.717) is 0 Å². The van der Waals surface area contributed by atoms with Gasteiger partial charge in [-0.3, -0.25) is 0 Å². The van der Waals surface area contributed by atoms with Crippen LogP contribution in [0.4, 0.5) is 37.7 Å². The fraction of sp³-hybridized carbons (Fsp3) is 0. The van der Waals surface area contributed by atoms with Gasteiger partial charge in [0.1, 0.15) is 33.6 Å². The van der Waals surface area contributed by atoms with Gasteiger partial charge in [-0.1, -0.05) is 0 Å². The molecule has 0 aliphatic rings. The zero-order valence-electron chi connectivity index (χ0n) is 14.2. The largest absolute Gasteiger partial charge is 0.478 e. The molecule has 0 amide bonds. The first kappa shape index (κ1) is 23.0. The van der Waals surface area contributed by atoms with Gasteiger partial charge in [0.15, 0.2) is 34.9 Å². The zero-order chi connectivity index (χ0) is 23.9. The number of hydrogen-bond acceptors (Lipinski definition) is 5. The lowest BCUT2D eigenvalue weighted by Crippen LogP contribution is -2.20. The summed E-state index contributed by atoms with van der Waals surface area (Å²) < 4.78 is 85.2. The van der Waals surface area contributed by atoms with E-state index in [1.165, 1.54) is 0 Å². The molecule has 0 saturated carbocycles. The van der Waals surface area contributed by atoms with E-state index in [0.717, 1.165) is 5.32 Å². The normalized spacial score (nSPS) is 10.6. The average molecular weight is 453 g/mol. The lowest BCUT2D eigenvalue weighted by Gasteiger charge is -2.16. The summed E-state index contributed by atoms with van der Waals surface area (Å²) in [7, 11) is 0. The number of aromatic carboxylic acids is 4. The number of nitrogens with one attached hydrogen (secondary N) is 1.